The second-order valence-electron chi connectivity index (χ2n) is 6.30. The largest absolute Gasteiger partial charge is 0.495 e. The van der Waals surface area contributed by atoms with Crippen LogP contribution in [0.3, 0.4) is 0 Å². The summed E-state index contributed by atoms with van der Waals surface area (Å²) in [6.07, 6.45) is 0. The number of anilines is 2. The van der Waals surface area contributed by atoms with Gasteiger partial charge < -0.3 is 20.3 Å². The van der Waals surface area contributed by atoms with Crippen molar-refractivity contribution in [3.63, 3.8) is 0 Å². The molecular weight excluding hydrogens is 342 g/mol. The maximum absolute atomic E-state index is 12.9. The second kappa shape index (κ2) is 9.62. The van der Waals surface area contributed by atoms with Gasteiger partial charge in [0.05, 0.1) is 12.8 Å². The predicted molar refractivity (Wildman–Crippen MR) is 108 cm³/mol. The van der Waals surface area contributed by atoms with Crippen molar-refractivity contribution in [3.8, 4) is 5.75 Å². The minimum atomic E-state index is -0.449. The highest BCUT2D eigenvalue weighted by Gasteiger charge is 2.21. The standard InChI is InChI=1S/C21H27N3O3/c1-5-24(14-17-9-7-6-8-10-17)21(26)15(2)22-19-13-18(23-16(3)25)11-12-20(19)27-4/h6-13,15,22H,5,14H2,1-4H3,(H,23,25)/t15-/m1/s1. The minimum absolute atomic E-state index is 0.00617. The quantitative estimate of drug-likeness (QED) is 0.747. The maximum atomic E-state index is 12.9. The highest BCUT2D eigenvalue weighted by atomic mass is 16.5. The molecule has 2 aromatic rings. The van der Waals surface area contributed by atoms with Gasteiger partial charge in [-0.05, 0) is 37.6 Å². The third-order valence-electron chi connectivity index (χ3n) is 4.17. The normalized spacial score (nSPS) is 11.4. The minimum Gasteiger partial charge on any atom is -0.495 e. The number of carbonyl (C=O) groups excluding carboxylic acids is 2. The van der Waals surface area contributed by atoms with Crippen LogP contribution in [0.25, 0.3) is 0 Å². The lowest BCUT2D eigenvalue weighted by Crippen LogP contribution is -2.41. The average Bonchev–Trinajstić information content (AvgIpc) is 2.66. The van der Waals surface area contributed by atoms with Gasteiger partial charge in [0, 0.05) is 25.7 Å². The van der Waals surface area contributed by atoms with E-state index in [2.05, 4.69) is 10.6 Å². The molecular formula is C21H27N3O3. The van der Waals surface area contributed by atoms with Gasteiger partial charge in [0.25, 0.3) is 0 Å². The van der Waals surface area contributed by atoms with Gasteiger partial charge in [-0.2, -0.15) is 0 Å². The number of hydrogen-bond acceptors (Lipinski definition) is 4. The lowest BCUT2D eigenvalue weighted by Gasteiger charge is -2.26. The molecule has 144 valence electrons. The molecule has 0 aliphatic rings. The molecule has 0 radical (unpaired) electrons. The summed E-state index contributed by atoms with van der Waals surface area (Å²) in [5, 5.41) is 5.94. The molecule has 2 amide bonds. The van der Waals surface area contributed by atoms with E-state index in [9.17, 15) is 9.59 Å². The summed E-state index contributed by atoms with van der Waals surface area (Å²) < 4.78 is 5.37. The monoisotopic (exact) mass is 369 g/mol. The number of benzene rings is 2. The van der Waals surface area contributed by atoms with Crippen LogP contribution in [0.4, 0.5) is 11.4 Å². The molecule has 0 bridgehead atoms. The molecule has 0 aromatic heterocycles. The highest BCUT2D eigenvalue weighted by Crippen LogP contribution is 2.28. The van der Waals surface area contributed by atoms with Crippen molar-refractivity contribution in [2.75, 3.05) is 24.3 Å². The number of nitrogens with zero attached hydrogens (tertiary/aromatic N) is 1. The lowest BCUT2D eigenvalue weighted by molar-refractivity contribution is -0.132. The fourth-order valence-corrected chi connectivity index (χ4v) is 2.82. The molecule has 0 heterocycles. The molecule has 0 aliphatic heterocycles. The van der Waals surface area contributed by atoms with E-state index in [1.165, 1.54) is 6.92 Å². The van der Waals surface area contributed by atoms with E-state index in [1.54, 1.807) is 30.2 Å². The van der Waals surface area contributed by atoms with Crippen LogP contribution in [0.5, 0.6) is 5.75 Å². The third kappa shape index (κ3) is 5.74. The smallest absolute Gasteiger partial charge is 0.245 e. The van der Waals surface area contributed by atoms with Gasteiger partial charge in [-0.15, -0.1) is 0 Å². The number of methoxy groups -OCH3 is 1. The van der Waals surface area contributed by atoms with Gasteiger partial charge in [-0.25, -0.2) is 0 Å². The van der Waals surface area contributed by atoms with Crippen LogP contribution in [-0.4, -0.2) is 36.4 Å². The first-order chi connectivity index (χ1) is 12.9. The molecule has 2 rings (SSSR count). The van der Waals surface area contributed by atoms with Crippen molar-refractivity contribution in [1.29, 1.82) is 0 Å². The summed E-state index contributed by atoms with van der Waals surface area (Å²) in [5.74, 6) is 0.443. The summed E-state index contributed by atoms with van der Waals surface area (Å²) in [4.78, 5) is 26.0. The number of amides is 2. The summed E-state index contributed by atoms with van der Waals surface area (Å²) >= 11 is 0. The van der Waals surface area contributed by atoms with Gasteiger partial charge in [-0.3, -0.25) is 9.59 Å². The van der Waals surface area contributed by atoms with E-state index in [1.807, 2.05) is 44.2 Å². The van der Waals surface area contributed by atoms with Crippen LogP contribution in [0.2, 0.25) is 0 Å². The lowest BCUT2D eigenvalue weighted by atomic mass is 10.2. The van der Waals surface area contributed by atoms with Crippen molar-refractivity contribution >= 4 is 23.2 Å². The van der Waals surface area contributed by atoms with E-state index in [-0.39, 0.29) is 11.8 Å². The van der Waals surface area contributed by atoms with Crippen LogP contribution in [0.1, 0.15) is 26.3 Å². The van der Waals surface area contributed by atoms with E-state index < -0.39 is 6.04 Å². The summed E-state index contributed by atoms with van der Waals surface area (Å²) in [6.45, 7) is 6.41. The highest BCUT2D eigenvalue weighted by molar-refractivity contribution is 5.90. The second-order valence-corrected chi connectivity index (χ2v) is 6.30. The Labute approximate surface area is 160 Å². The summed E-state index contributed by atoms with van der Waals surface area (Å²) in [7, 11) is 1.57. The molecule has 0 saturated heterocycles. The fourth-order valence-electron chi connectivity index (χ4n) is 2.82. The van der Waals surface area contributed by atoms with E-state index in [4.69, 9.17) is 4.74 Å². The zero-order valence-electron chi connectivity index (χ0n) is 16.3. The Morgan fingerprint density at radius 1 is 1.15 bits per heavy atom. The Hall–Kier alpha value is -3.02. The molecule has 6 heteroatoms. The van der Waals surface area contributed by atoms with Gasteiger partial charge >= 0.3 is 0 Å². The molecule has 0 aliphatic carbocycles. The van der Waals surface area contributed by atoms with Crippen LogP contribution < -0.4 is 15.4 Å². The van der Waals surface area contributed by atoms with Crippen molar-refractivity contribution in [2.24, 2.45) is 0 Å². The molecule has 0 fully saturated rings. The third-order valence-corrected chi connectivity index (χ3v) is 4.17. The Morgan fingerprint density at radius 2 is 1.85 bits per heavy atom. The number of rotatable bonds is 8. The van der Waals surface area contributed by atoms with Gasteiger partial charge in [-0.1, -0.05) is 30.3 Å². The van der Waals surface area contributed by atoms with Crippen LogP contribution >= 0.6 is 0 Å². The Balaban J connectivity index is 2.13. The van der Waals surface area contributed by atoms with Gasteiger partial charge in [0.2, 0.25) is 11.8 Å². The molecule has 1 atom stereocenters. The first-order valence-corrected chi connectivity index (χ1v) is 8.99. The number of hydrogen-bond donors (Lipinski definition) is 2. The van der Waals surface area contributed by atoms with Crippen LogP contribution in [0, 0.1) is 0 Å². The topological polar surface area (TPSA) is 70.7 Å². The van der Waals surface area contributed by atoms with Crippen LogP contribution in [-0.2, 0) is 16.1 Å². The van der Waals surface area contributed by atoms with Crippen molar-refractivity contribution in [3.05, 3.63) is 54.1 Å². The SMILES string of the molecule is CCN(Cc1ccccc1)C(=O)[C@@H](C)Nc1cc(NC(C)=O)ccc1OC. The molecule has 2 aromatic carbocycles. The van der Waals surface area contributed by atoms with Gasteiger partial charge in [0.1, 0.15) is 11.8 Å². The zero-order valence-corrected chi connectivity index (χ0v) is 16.3. The van der Waals surface area contributed by atoms with Crippen molar-refractivity contribution < 1.29 is 14.3 Å². The van der Waals surface area contributed by atoms with E-state index >= 15 is 0 Å². The average molecular weight is 369 g/mol. The molecule has 6 nitrogen and oxygen atoms in total. The molecule has 2 N–H and O–H groups in total. The van der Waals surface area contributed by atoms with E-state index in [0.717, 1.165) is 5.56 Å². The number of carbonyl (C=O) groups is 2. The maximum Gasteiger partial charge on any atom is 0.245 e. The first-order valence-electron chi connectivity index (χ1n) is 8.99. The van der Waals surface area contributed by atoms with Crippen LogP contribution in [0.15, 0.2) is 48.5 Å². The molecule has 0 saturated carbocycles. The first kappa shape index (κ1) is 20.3. The number of likely N-dealkylation sites (N-methyl/N-ethyl adjacent to an activating group) is 1. The van der Waals surface area contributed by atoms with Gasteiger partial charge in [0.15, 0.2) is 0 Å². The Kier molecular flexibility index (Phi) is 7.23. The fraction of sp³-hybridized carbons (Fsp3) is 0.333. The van der Waals surface area contributed by atoms with E-state index in [0.29, 0.717) is 30.2 Å². The zero-order chi connectivity index (χ0) is 19.8. The Bertz CT molecular complexity index is 777. The number of nitrogens with one attached hydrogen (secondary N) is 2. The summed E-state index contributed by atoms with van der Waals surface area (Å²) in [6, 6.07) is 14.7. The van der Waals surface area contributed by atoms with Crippen molar-refractivity contribution in [1.82, 2.24) is 4.90 Å². The molecule has 0 unspecified atom stereocenters. The Morgan fingerprint density at radius 3 is 2.44 bits per heavy atom. The molecule has 27 heavy (non-hydrogen) atoms. The predicted octanol–water partition coefficient (Wildman–Crippen LogP) is 3.50. The number of ether oxygens (including phenoxy) is 1. The summed E-state index contributed by atoms with van der Waals surface area (Å²) in [5.41, 5.74) is 2.38. The molecule has 0 spiro atoms. The van der Waals surface area contributed by atoms with Crippen molar-refractivity contribution in [2.45, 2.75) is 33.4 Å².